The SMILES string of the molecule is CCNC(=NCC1(C)CCCO1)NCCc1ncc(CC)s1.I. The van der Waals surface area contributed by atoms with Gasteiger partial charge < -0.3 is 15.4 Å². The summed E-state index contributed by atoms with van der Waals surface area (Å²) < 4.78 is 5.79. The predicted molar refractivity (Wildman–Crippen MR) is 108 cm³/mol. The van der Waals surface area contributed by atoms with Crippen molar-refractivity contribution in [3.8, 4) is 0 Å². The van der Waals surface area contributed by atoms with Crippen LogP contribution < -0.4 is 10.6 Å². The second kappa shape index (κ2) is 10.5. The number of rotatable bonds is 7. The summed E-state index contributed by atoms with van der Waals surface area (Å²) in [7, 11) is 0. The number of hydrogen-bond donors (Lipinski definition) is 2. The molecular formula is C16H29IN4OS. The Labute approximate surface area is 160 Å². The molecule has 0 aliphatic carbocycles. The molecule has 0 radical (unpaired) electrons. The van der Waals surface area contributed by atoms with Crippen LogP contribution in [-0.4, -0.2) is 42.8 Å². The lowest BCUT2D eigenvalue weighted by atomic mass is 10.0. The number of halogens is 1. The van der Waals surface area contributed by atoms with Crippen LogP contribution in [0, 0.1) is 0 Å². The maximum Gasteiger partial charge on any atom is 0.191 e. The number of aliphatic imine (C=N–C) groups is 1. The highest BCUT2D eigenvalue weighted by Crippen LogP contribution is 2.24. The van der Waals surface area contributed by atoms with Gasteiger partial charge in [0.1, 0.15) is 0 Å². The van der Waals surface area contributed by atoms with Crippen molar-refractivity contribution in [3.05, 3.63) is 16.1 Å². The molecule has 0 bridgehead atoms. The molecular weight excluding hydrogens is 423 g/mol. The van der Waals surface area contributed by atoms with Gasteiger partial charge in [-0.3, -0.25) is 4.99 Å². The number of nitrogens with zero attached hydrogens (tertiary/aromatic N) is 2. The van der Waals surface area contributed by atoms with Crippen molar-refractivity contribution >= 4 is 41.3 Å². The highest BCUT2D eigenvalue weighted by molar-refractivity contribution is 14.0. The largest absolute Gasteiger partial charge is 0.373 e. The summed E-state index contributed by atoms with van der Waals surface area (Å²) in [6, 6.07) is 0. The van der Waals surface area contributed by atoms with Gasteiger partial charge in [-0.1, -0.05) is 6.92 Å². The van der Waals surface area contributed by atoms with E-state index in [-0.39, 0.29) is 29.6 Å². The first-order valence-corrected chi connectivity index (χ1v) is 9.06. The second-order valence-corrected chi connectivity index (χ2v) is 7.05. The zero-order valence-corrected chi connectivity index (χ0v) is 17.5. The summed E-state index contributed by atoms with van der Waals surface area (Å²) in [5.41, 5.74) is -0.0896. The topological polar surface area (TPSA) is 58.5 Å². The molecule has 23 heavy (non-hydrogen) atoms. The minimum absolute atomic E-state index is 0. The molecule has 2 rings (SSSR count). The molecule has 1 unspecified atom stereocenters. The molecule has 0 amide bonds. The van der Waals surface area contributed by atoms with Crippen molar-refractivity contribution in [2.45, 2.75) is 52.1 Å². The standard InChI is InChI=1S/C16H28N4OS.HI/c1-4-13-11-19-14(22-13)7-9-18-15(17-5-2)20-12-16(3)8-6-10-21-16;/h11H,4-10,12H2,1-3H3,(H2,17,18,20);1H. The average molecular weight is 452 g/mol. The first-order valence-electron chi connectivity index (χ1n) is 8.25. The van der Waals surface area contributed by atoms with Gasteiger partial charge >= 0.3 is 0 Å². The van der Waals surface area contributed by atoms with Gasteiger partial charge in [0.25, 0.3) is 0 Å². The van der Waals surface area contributed by atoms with E-state index < -0.39 is 0 Å². The predicted octanol–water partition coefficient (Wildman–Crippen LogP) is 2.99. The van der Waals surface area contributed by atoms with Gasteiger partial charge in [0.05, 0.1) is 17.2 Å². The normalized spacial score (nSPS) is 21.1. The summed E-state index contributed by atoms with van der Waals surface area (Å²) in [6.45, 7) is 9.67. The minimum atomic E-state index is -0.0896. The first-order chi connectivity index (χ1) is 10.6. The van der Waals surface area contributed by atoms with E-state index in [0.29, 0.717) is 6.54 Å². The van der Waals surface area contributed by atoms with Crippen molar-refractivity contribution in [1.82, 2.24) is 15.6 Å². The Bertz CT molecular complexity index is 486. The van der Waals surface area contributed by atoms with Gasteiger partial charge in [-0.25, -0.2) is 4.98 Å². The van der Waals surface area contributed by atoms with Crippen molar-refractivity contribution in [1.29, 1.82) is 0 Å². The van der Waals surface area contributed by atoms with Crippen LogP contribution in [0.25, 0.3) is 0 Å². The van der Waals surface area contributed by atoms with Crippen molar-refractivity contribution in [2.24, 2.45) is 4.99 Å². The van der Waals surface area contributed by atoms with Gasteiger partial charge in [0.2, 0.25) is 0 Å². The maximum absolute atomic E-state index is 5.79. The Morgan fingerprint density at radius 3 is 2.87 bits per heavy atom. The highest BCUT2D eigenvalue weighted by atomic mass is 127. The molecule has 7 heteroatoms. The van der Waals surface area contributed by atoms with E-state index in [0.717, 1.165) is 51.3 Å². The fourth-order valence-electron chi connectivity index (χ4n) is 2.46. The molecule has 0 aromatic carbocycles. The van der Waals surface area contributed by atoms with Gasteiger partial charge in [0.15, 0.2) is 5.96 Å². The van der Waals surface area contributed by atoms with Gasteiger partial charge in [-0.2, -0.15) is 0 Å². The zero-order chi connectivity index (χ0) is 15.8. The Morgan fingerprint density at radius 1 is 1.43 bits per heavy atom. The van der Waals surface area contributed by atoms with E-state index in [4.69, 9.17) is 4.74 Å². The van der Waals surface area contributed by atoms with Crippen LogP contribution in [0.3, 0.4) is 0 Å². The summed E-state index contributed by atoms with van der Waals surface area (Å²) in [6.07, 6.45) is 6.21. The molecule has 1 aliphatic heterocycles. The first kappa shape index (κ1) is 20.6. The monoisotopic (exact) mass is 452 g/mol. The number of hydrogen-bond acceptors (Lipinski definition) is 4. The molecule has 1 atom stereocenters. The molecule has 132 valence electrons. The van der Waals surface area contributed by atoms with Crippen LogP contribution in [-0.2, 0) is 17.6 Å². The lowest BCUT2D eigenvalue weighted by Crippen LogP contribution is -2.40. The van der Waals surface area contributed by atoms with Crippen LogP contribution in [0.15, 0.2) is 11.2 Å². The maximum atomic E-state index is 5.79. The van der Waals surface area contributed by atoms with Gasteiger partial charge in [0, 0.05) is 37.2 Å². The molecule has 1 fully saturated rings. The van der Waals surface area contributed by atoms with E-state index >= 15 is 0 Å². The quantitative estimate of drug-likeness (QED) is 0.380. The van der Waals surface area contributed by atoms with Gasteiger partial charge in [-0.15, -0.1) is 35.3 Å². The molecule has 0 saturated carbocycles. The van der Waals surface area contributed by atoms with Crippen LogP contribution in [0.1, 0.15) is 43.5 Å². The second-order valence-electron chi connectivity index (χ2n) is 5.85. The van der Waals surface area contributed by atoms with Crippen molar-refractivity contribution < 1.29 is 4.74 Å². The average Bonchev–Trinajstić information content (AvgIpc) is 3.14. The third-order valence-electron chi connectivity index (χ3n) is 3.80. The van der Waals surface area contributed by atoms with E-state index in [2.05, 4.69) is 41.4 Å². The molecule has 2 N–H and O–H groups in total. The smallest absolute Gasteiger partial charge is 0.191 e. The Balaban J connectivity index is 0.00000264. The number of aromatic nitrogens is 1. The number of aryl methyl sites for hydroxylation is 1. The highest BCUT2D eigenvalue weighted by Gasteiger charge is 2.29. The van der Waals surface area contributed by atoms with Crippen LogP contribution >= 0.6 is 35.3 Å². The Morgan fingerprint density at radius 2 is 2.26 bits per heavy atom. The summed E-state index contributed by atoms with van der Waals surface area (Å²) in [4.78, 5) is 10.5. The van der Waals surface area contributed by atoms with Crippen LogP contribution in [0.5, 0.6) is 0 Å². The molecule has 2 heterocycles. The fourth-order valence-corrected chi connectivity index (χ4v) is 3.33. The Hall–Kier alpha value is -0.410. The van der Waals surface area contributed by atoms with Crippen LogP contribution in [0.2, 0.25) is 0 Å². The molecule has 1 aromatic rings. The summed E-state index contributed by atoms with van der Waals surface area (Å²) in [5, 5.41) is 7.87. The zero-order valence-electron chi connectivity index (χ0n) is 14.4. The molecule has 1 aliphatic rings. The summed E-state index contributed by atoms with van der Waals surface area (Å²) >= 11 is 1.80. The lowest BCUT2D eigenvalue weighted by molar-refractivity contribution is 0.0283. The van der Waals surface area contributed by atoms with Crippen molar-refractivity contribution in [2.75, 3.05) is 26.2 Å². The van der Waals surface area contributed by atoms with E-state index in [1.807, 2.05) is 6.20 Å². The van der Waals surface area contributed by atoms with E-state index in [1.165, 1.54) is 9.88 Å². The van der Waals surface area contributed by atoms with E-state index in [1.54, 1.807) is 11.3 Å². The van der Waals surface area contributed by atoms with Gasteiger partial charge in [-0.05, 0) is 33.1 Å². The number of nitrogens with one attached hydrogen (secondary N) is 2. The molecule has 1 saturated heterocycles. The Kier molecular flexibility index (Phi) is 9.38. The third-order valence-corrected chi connectivity index (χ3v) is 5.00. The number of thiazole rings is 1. The van der Waals surface area contributed by atoms with E-state index in [9.17, 15) is 0 Å². The number of ether oxygens (including phenoxy) is 1. The molecule has 1 aromatic heterocycles. The van der Waals surface area contributed by atoms with Crippen LogP contribution in [0.4, 0.5) is 0 Å². The number of guanidine groups is 1. The minimum Gasteiger partial charge on any atom is -0.373 e. The van der Waals surface area contributed by atoms with Crippen molar-refractivity contribution in [3.63, 3.8) is 0 Å². The molecule has 0 spiro atoms. The molecule has 5 nitrogen and oxygen atoms in total. The summed E-state index contributed by atoms with van der Waals surface area (Å²) in [5.74, 6) is 0.867. The lowest BCUT2D eigenvalue weighted by Gasteiger charge is -2.21. The third kappa shape index (κ3) is 6.93. The fraction of sp³-hybridized carbons (Fsp3) is 0.750.